The molecule has 1 rings (SSSR count). The Morgan fingerprint density at radius 2 is 2.11 bits per heavy atom. The van der Waals surface area contributed by atoms with Crippen LogP contribution in [0.25, 0.3) is 0 Å². The molecular formula is C15H25NO3. The molecule has 0 aliphatic carbocycles. The number of carbonyl (C=O) groups excluding carboxylic acids is 1. The zero-order valence-corrected chi connectivity index (χ0v) is 12.4. The molecule has 1 aromatic rings. The van der Waals surface area contributed by atoms with Crippen molar-refractivity contribution in [2.75, 3.05) is 19.8 Å². The standard InChI is InChI=1S/C15H25NO3/c1-5-19-15(17)14-13(4)6-8-16(14)9-11-18-10-7-12(2)3/h6,8,12H,5,7,9-11H2,1-4H3. The zero-order chi connectivity index (χ0) is 14.3. The van der Waals surface area contributed by atoms with E-state index in [9.17, 15) is 4.79 Å². The number of esters is 1. The van der Waals surface area contributed by atoms with Gasteiger partial charge in [-0.15, -0.1) is 0 Å². The number of hydrogen-bond acceptors (Lipinski definition) is 3. The highest BCUT2D eigenvalue weighted by Crippen LogP contribution is 2.11. The lowest BCUT2D eigenvalue weighted by Gasteiger charge is -2.10. The molecule has 0 atom stereocenters. The number of hydrogen-bond donors (Lipinski definition) is 0. The van der Waals surface area contributed by atoms with Gasteiger partial charge in [-0.25, -0.2) is 4.79 Å². The molecule has 0 fully saturated rings. The van der Waals surface area contributed by atoms with Crippen LogP contribution in [0.1, 0.15) is 43.2 Å². The molecule has 1 heterocycles. The van der Waals surface area contributed by atoms with Crippen LogP contribution in [-0.4, -0.2) is 30.4 Å². The molecule has 0 N–H and O–H groups in total. The van der Waals surface area contributed by atoms with Crippen LogP contribution in [0.2, 0.25) is 0 Å². The number of aryl methyl sites for hydroxylation is 1. The Balaban J connectivity index is 2.47. The second kappa shape index (κ2) is 8.00. The van der Waals surface area contributed by atoms with Crippen molar-refractivity contribution in [1.29, 1.82) is 0 Å². The molecule has 0 unspecified atom stereocenters. The molecule has 0 amide bonds. The van der Waals surface area contributed by atoms with Gasteiger partial charge >= 0.3 is 5.97 Å². The summed E-state index contributed by atoms with van der Waals surface area (Å²) in [6, 6.07) is 1.93. The number of aromatic nitrogens is 1. The van der Waals surface area contributed by atoms with E-state index in [1.807, 2.05) is 30.7 Å². The van der Waals surface area contributed by atoms with E-state index in [-0.39, 0.29) is 5.97 Å². The van der Waals surface area contributed by atoms with Crippen molar-refractivity contribution in [2.24, 2.45) is 5.92 Å². The SMILES string of the molecule is CCOC(=O)c1c(C)ccn1CCOCCC(C)C. The van der Waals surface area contributed by atoms with Gasteiger partial charge in [-0.2, -0.15) is 0 Å². The van der Waals surface area contributed by atoms with Crippen molar-refractivity contribution in [2.45, 2.75) is 40.7 Å². The van der Waals surface area contributed by atoms with Crippen molar-refractivity contribution in [3.63, 3.8) is 0 Å². The maximum absolute atomic E-state index is 11.8. The van der Waals surface area contributed by atoms with E-state index in [1.165, 1.54) is 0 Å². The third-order valence-electron chi connectivity index (χ3n) is 2.95. The molecule has 0 radical (unpaired) electrons. The smallest absolute Gasteiger partial charge is 0.355 e. The molecule has 0 saturated carbocycles. The van der Waals surface area contributed by atoms with Gasteiger partial charge in [0.2, 0.25) is 0 Å². The van der Waals surface area contributed by atoms with E-state index < -0.39 is 0 Å². The molecule has 0 bridgehead atoms. The normalized spacial score (nSPS) is 11.0. The Morgan fingerprint density at radius 1 is 1.37 bits per heavy atom. The highest BCUT2D eigenvalue weighted by molar-refractivity contribution is 5.89. The van der Waals surface area contributed by atoms with Crippen LogP contribution >= 0.6 is 0 Å². The van der Waals surface area contributed by atoms with Gasteiger partial charge in [-0.1, -0.05) is 13.8 Å². The van der Waals surface area contributed by atoms with Crippen molar-refractivity contribution in [3.05, 3.63) is 23.5 Å². The molecule has 4 heteroatoms. The predicted molar refractivity (Wildman–Crippen MR) is 75.4 cm³/mol. The van der Waals surface area contributed by atoms with Crippen molar-refractivity contribution >= 4 is 5.97 Å². The highest BCUT2D eigenvalue weighted by Gasteiger charge is 2.15. The van der Waals surface area contributed by atoms with Crippen LogP contribution in [0.15, 0.2) is 12.3 Å². The van der Waals surface area contributed by atoms with E-state index in [1.54, 1.807) is 0 Å². The molecule has 4 nitrogen and oxygen atoms in total. The van der Waals surface area contributed by atoms with Gasteiger partial charge in [-0.05, 0) is 37.8 Å². The second-order valence-corrected chi connectivity index (χ2v) is 5.06. The third-order valence-corrected chi connectivity index (χ3v) is 2.95. The summed E-state index contributed by atoms with van der Waals surface area (Å²) in [5.41, 5.74) is 1.58. The Bertz CT molecular complexity index is 396. The number of ether oxygens (including phenoxy) is 2. The lowest BCUT2D eigenvalue weighted by molar-refractivity contribution is 0.0508. The lowest BCUT2D eigenvalue weighted by atomic mass is 10.1. The highest BCUT2D eigenvalue weighted by atomic mass is 16.5. The van der Waals surface area contributed by atoms with E-state index in [0.29, 0.717) is 31.4 Å². The molecule has 0 aliphatic rings. The van der Waals surface area contributed by atoms with E-state index in [2.05, 4.69) is 13.8 Å². The average molecular weight is 267 g/mol. The summed E-state index contributed by atoms with van der Waals surface area (Å²) >= 11 is 0. The third kappa shape index (κ3) is 5.07. The number of rotatable bonds is 8. The first-order chi connectivity index (χ1) is 9.06. The molecular weight excluding hydrogens is 242 g/mol. The van der Waals surface area contributed by atoms with Gasteiger partial charge in [0, 0.05) is 19.3 Å². The summed E-state index contributed by atoms with van der Waals surface area (Å²) in [5.74, 6) is 0.399. The van der Waals surface area contributed by atoms with Gasteiger partial charge in [0.05, 0.1) is 13.2 Å². The van der Waals surface area contributed by atoms with Crippen molar-refractivity contribution in [1.82, 2.24) is 4.57 Å². The topological polar surface area (TPSA) is 40.5 Å². The van der Waals surface area contributed by atoms with E-state index >= 15 is 0 Å². The van der Waals surface area contributed by atoms with Crippen LogP contribution in [0.4, 0.5) is 0 Å². The first-order valence-corrected chi connectivity index (χ1v) is 6.96. The van der Waals surface area contributed by atoms with Gasteiger partial charge in [-0.3, -0.25) is 0 Å². The maximum atomic E-state index is 11.8. The monoisotopic (exact) mass is 267 g/mol. The summed E-state index contributed by atoms with van der Waals surface area (Å²) < 4.78 is 12.6. The maximum Gasteiger partial charge on any atom is 0.355 e. The molecule has 0 aliphatic heterocycles. The van der Waals surface area contributed by atoms with Gasteiger partial charge in [0.15, 0.2) is 0 Å². The number of nitrogens with zero attached hydrogens (tertiary/aromatic N) is 1. The molecule has 0 aromatic carbocycles. The van der Waals surface area contributed by atoms with Crippen molar-refractivity contribution in [3.8, 4) is 0 Å². The molecule has 1 aromatic heterocycles. The fourth-order valence-electron chi connectivity index (χ4n) is 1.83. The predicted octanol–water partition coefficient (Wildman–Crippen LogP) is 3.04. The zero-order valence-electron chi connectivity index (χ0n) is 12.4. The average Bonchev–Trinajstić information content (AvgIpc) is 2.70. The van der Waals surface area contributed by atoms with Crippen LogP contribution in [0, 0.1) is 12.8 Å². The number of carbonyl (C=O) groups is 1. The molecule has 19 heavy (non-hydrogen) atoms. The molecule has 0 spiro atoms. The lowest BCUT2D eigenvalue weighted by Crippen LogP contribution is -2.15. The summed E-state index contributed by atoms with van der Waals surface area (Å²) in [4.78, 5) is 11.8. The summed E-state index contributed by atoms with van der Waals surface area (Å²) in [6.07, 6.45) is 2.98. The van der Waals surface area contributed by atoms with Gasteiger partial charge in [0.25, 0.3) is 0 Å². The quantitative estimate of drug-likeness (QED) is 0.537. The largest absolute Gasteiger partial charge is 0.461 e. The van der Waals surface area contributed by atoms with Crippen LogP contribution in [0.3, 0.4) is 0 Å². The van der Waals surface area contributed by atoms with Crippen molar-refractivity contribution < 1.29 is 14.3 Å². The second-order valence-electron chi connectivity index (χ2n) is 5.06. The Morgan fingerprint density at radius 3 is 2.74 bits per heavy atom. The minimum Gasteiger partial charge on any atom is -0.461 e. The van der Waals surface area contributed by atoms with E-state index in [0.717, 1.165) is 18.6 Å². The molecule has 0 saturated heterocycles. The summed E-state index contributed by atoms with van der Waals surface area (Å²) in [7, 11) is 0. The van der Waals surface area contributed by atoms with Crippen LogP contribution in [0.5, 0.6) is 0 Å². The summed E-state index contributed by atoms with van der Waals surface area (Å²) in [5, 5.41) is 0. The Kier molecular flexibility index (Phi) is 6.64. The Hall–Kier alpha value is -1.29. The Labute approximate surface area is 115 Å². The fraction of sp³-hybridized carbons (Fsp3) is 0.667. The van der Waals surface area contributed by atoms with E-state index in [4.69, 9.17) is 9.47 Å². The minimum atomic E-state index is -0.257. The minimum absolute atomic E-state index is 0.257. The van der Waals surface area contributed by atoms with Crippen LogP contribution < -0.4 is 0 Å². The first-order valence-electron chi connectivity index (χ1n) is 6.96. The van der Waals surface area contributed by atoms with Gasteiger partial charge < -0.3 is 14.0 Å². The molecule has 108 valence electrons. The fourth-order valence-corrected chi connectivity index (χ4v) is 1.83. The summed E-state index contributed by atoms with van der Waals surface area (Å²) in [6.45, 7) is 10.6. The first kappa shape index (κ1) is 15.8. The van der Waals surface area contributed by atoms with Gasteiger partial charge in [0.1, 0.15) is 5.69 Å². The van der Waals surface area contributed by atoms with Crippen LogP contribution in [-0.2, 0) is 16.0 Å².